The number of nitrogens with zero attached hydrogens (tertiary/aromatic N) is 1. The van der Waals surface area contributed by atoms with E-state index in [2.05, 4.69) is 22.2 Å². The molecule has 0 saturated heterocycles. The van der Waals surface area contributed by atoms with Gasteiger partial charge in [-0.3, -0.25) is 9.78 Å². The number of amides is 1. The van der Waals surface area contributed by atoms with Crippen LogP contribution in [0.1, 0.15) is 10.4 Å². The van der Waals surface area contributed by atoms with E-state index < -0.39 is 5.91 Å². The summed E-state index contributed by atoms with van der Waals surface area (Å²) in [6.07, 6.45) is 1.59. The topological polar surface area (TPSA) is 98.5 Å². The summed E-state index contributed by atoms with van der Waals surface area (Å²) < 4.78 is 24.3. The standard InChI is InChI=1S/C25H20ClFN4O3/c1-14(30-16-5-3-15(27)4-6-16)31-21-8-7-17(11-20(21)26)34-23-9-10-29-22-13-24(33-2)19(25(28)32)12-18(22)23/h3-13,30-31H,1H2,2H3,(H2,28,32). The Morgan fingerprint density at radius 3 is 2.50 bits per heavy atom. The maximum Gasteiger partial charge on any atom is 0.252 e. The maximum atomic E-state index is 13.1. The Kier molecular flexibility index (Phi) is 6.51. The van der Waals surface area contributed by atoms with Crippen molar-refractivity contribution in [3.8, 4) is 17.2 Å². The fourth-order valence-electron chi connectivity index (χ4n) is 3.29. The van der Waals surface area contributed by atoms with Crippen LogP contribution in [0, 0.1) is 5.82 Å². The monoisotopic (exact) mass is 478 g/mol. The maximum absolute atomic E-state index is 13.1. The lowest BCUT2D eigenvalue weighted by molar-refractivity contribution is 0.0997. The molecule has 0 unspecified atom stereocenters. The van der Waals surface area contributed by atoms with Crippen LogP contribution in [0.15, 0.2) is 79.3 Å². The molecule has 0 saturated carbocycles. The van der Waals surface area contributed by atoms with Gasteiger partial charge in [-0.2, -0.15) is 0 Å². The van der Waals surface area contributed by atoms with Crippen molar-refractivity contribution in [1.82, 2.24) is 4.98 Å². The molecule has 1 aromatic heterocycles. The Morgan fingerprint density at radius 1 is 1.06 bits per heavy atom. The average molecular weight is 479 g/mol. The summed E-state index contributed by atoms with van der Waals surface area (Å²) in [6, 6.07) is 15.9. The second-order valence-corrected chi connectivity index (χ2v) is 7.63. The van der Waals surface area contributed by atoms with Gasteiger partial charge in [-0.15, -0.1) is 0 Å². The molecule has 1 amide bonds. The number of carbonyl (C=O) groups excluding carboxylic acids is 1. The Hall–Kier alpha value is -4.30. The first kappa shape index (κ1) is 22.9. The second kappa shape index (κ2) is 9.68. The van der Waals surface area contributed by atoms with Gasteiger partial charge < -0.3 is 25.8 Å². The van der Waals surface area contributed by atoms with Crippen molar-refractivity contribution in [3.63, 3.8) is 0 Å². The van der Waals surface area contributed by atoms with E-state index in [1.54, 1.807) is 54.7 Å². The van der Waals surface area contributed by atoms with E-state index in [-0.39, 0.29) is 11.4 Å². The van der Waals surface area contributed by atoms with E-state index in [0.717, 1.165) is 0 Å². The zero-order valence-corrected chi connectivity index (χ0v) is 18.8. The van der Waals surface area contributed by atoms with Crippen molar-refractivity contribution < 1.29 is 18.7 Å². The number of carbonyl (C=O) groups is 1. The molecule has 0 bridgehead atoms. The van der Waals surface area contributed by atoms with Crippen LogP contribution in [0.4, 0.5) is 15.8 Å². The van der Waals surface area contributed by atoms with Crippen LogP contribution >= 0.6 is 11.6 Å². The number of primary amides is 1. The highest BCUT2D eigenvalue weighted by Crippen LogP contribution is 2.35. The first-order valence-corrected chi connectivity index (χ1v) is 10.4. The lowest BCUT2D eigenvalue weighted by Gasteiger charge is -2.15. The van der Waals surface area contributed by atoms with Crippen LogP contribution in [-0.2, 0) is 0 Å². The van der Waals surface area contributed by atoms with Crippen molar-refractivity contribution in [2.45, 2.75) is 0 Å². The van der Waals surface area contributed by atoms with Crippen LogP contribution in [0.3, 0.4) is 0 Å². The zero-order chi connectivity index (χ0) is 24.2. The van der Waals surface area contributed by atoms with E-state index in [9.17, 15) is 9.18 Å². The van der Waals surface area contributed by atoms with Gasteiger partial charge in [0.1, 0.15) is 28.9 Å². The molecule has 9 heteroatoms. The SMILES string of the molecule is C=C(Nc1ccc(F)cc1)Nc1ccc(Oc2ccnc3cc(OC)c(C(N)=O)cc23)cc1Cl. The summed E-state index contributed by atoms with van der Waals surface area (Å²) in [6.45, 7) is 3.91. The Morgan fingerprint density at radius 2 is 1.82 bits per heavy atom. The van der Waals surface area contributed by atoms with Gasteiger partial charge >= 0.3 is 0 Å². The Labute approximate surface area is 200 Å². The van der Waals surface area contributed by atoms with Gasteiger partial charge in [0, 0.05) is 29.4 Å². The molecule has 4 aromatic rings. The first-order valence-electron chi connectivity index (χ1n) is 10.1. The summed E-state index contributed by atoms with van der Waals surface area (Å²) in [5.41, 5.74) is 7.54. The fraction of sp³-hybridized carbons (Fsp3) is 0.0400. The van der Waals surface area contributed by atoms with Gasteiger partial charge in [-0.05, 0) is 48.5 Å². The molecule has 0 aliphatic heterocycles. The third kappa shape index (κ3) is 5.02. The Bertz CT molecular complexity index is 1390. The van der Waals surface area contributed by atoms with Crippen molar-refractivity contribution in [3.05, 3.63) is 95.7 Å². The zero-order valence-electron chi connectivity index (χ0n) is 18.1. The molecule has 3 aromatic carbocycles. The van der Waals surface area contributed by atoms with Gasteiger partial charge in [-0.1, -0.05) is 18.2 Å². The van der Waals surface area contributed by atoms with E-state index >= 15 is 0 Å². The molecule has 0 atom stereocenters. The number of pyridine rings is 1. The molecule has 0 aliphatic rings. The molecule has 0 aliphatic carbocycles. The molecule has 4 N–H and O–H groups in total. The predicted octanol–water partition coefficient (Wildman–Crippen LogP) is 5.92. The van der Waals surface area contributed by atoms with E-state index in [1.165, 1.54) is 19.2 Å². The number of aromatic nitrogens is 1. The van der Waals surface area contributed by atoms with E-state index in [0.29, 0.717) is 50.4 Å². The lowest BCUT2D eigenvalue weighted by Crippen LogP contribution is -2.12. The third-order valence-electron chi connectivity index (χ3n) is 4.88. The van der Waals surface area contributed by atoms with Crippen molar-refractivity contribution in [1.29, 1.82) is 0 Å². The highest BCUT2D eigenvalue weighted by Gasteiger charge is 2.15. The molecular formula is C25H20ClFN4O3. The van der Waals surface area contributed by atoms with E-state index in [1.807, 2.05) is 0 Å². The predicted molar refractivity (Wildman–Crippen MR) is 131 cm³/mol. The minimum absolute atomic E-state index is 0.220. The lowest BCUT2D eigenvalue weighted by atomic mass is 10.1. The van der Waals surface area contributed by atoms with Crippen molar-refractivity contribution in [2.75, 3.05) is 17.7 Å². The van der Waals surface area contributed by atoms with Crippen LogP contribution in [-0.4, -0.2) is 18.0 Å². The molecule has 4 rings (SSSR count). The molecule has 0 radical (unpaired) electrons. The molecule has 34 heavy (non-hydrogen) atoms. The van der Waals surface area contributed by atoms with Crippen molar-refractivity contribution in [2.24, 2.45) is 5.73 Å². The number of nitrogens with one attached hydrogen (secondary N) is 2. The molecule has 0 spiro atoms. The highest BCUT2D eigenvalue weighted by atomic mass is 35.5. The summed E-state index contributed by atoms with van der Waals surface area (Å²) >= 11 is 6.44. The number of hydrogen-bond donors (Lipinski definition) is 3. The van der Waals surface area contributed by atoms with Gasteiger partial charge in [0.05, 0.1) is 28.9 Å². The largest absolute Gasteiger partial charge is 0.496 e. The molecule has 0 fully saturated rings. The van der Waals surface area contributed by atoms with Crippen LogP contribution in [0.5, 0.6) is 17.2 Å². The number of hydrogen-bond acceptors (Lipinski definition) is 6. The number of fused-ring (bicyclic) bond motifs is 1. The molecule has 1 heterocycles. The summed E-state index contributed by atoms with van der Waals surface area (Å²) in [4.78, 5) is 16.1. The number of anilines is 2. The smallest absolute Gasteiger partial charge is 0.252 e. The average Bonchev–Trinajstić information content (AvgIpc) is 2.81. The fourth-order valence-corrected chi connectivity index (χ4v) is 3.51. The van der Waals surface area contributed by atoms with Gasteiger partial charge in [0.15, 0.2) is 0 Å². The molecule has 172 valence electrons. The quantitative estimate of drug-likeness (QED) is 0.290. The minimum atomic E-state index is -0.624. The summed E-state index contributed by atoms with van der Waals surface area (Å²) in [5.74, 6) is 0.773. The van der Waals surface area contributed by atoms with Gasteiger partial charge in [-0.25, -0.2) is 4.39 Å². The van der Waals surface area contributed by atoms with E-state index in [4.69, 9.17) is 26.8 Å². The third-order valence-corrected chi connectivity index (χ3v) is 5.19. The van der Waals surface area contributed by atoms with Crippen LogP contribution < -0.4 is 25.8 Å². The van der Waals surface area contributed by atoms with Crippen LogP contribution in [0.2, 0.25) is 5.02 Å². The normalized spacial score (nSPS) is 10.6. The first-order chi connectivity index (χ1) is 16.3. The molecular weight excluding hydrogens is 459 g/mol. The number of benzene rings is 3. The molecule has 7 nitrogen and oxygen atoms in total. The summed E-state index contributed by atoms with van der Waals surface area (Å²) in [7, 11) is 1.45. The van der Waals surface area contributed by atoms with Gasteiger partial charge in [0.25, 0.3) is 5.91 Å². The minimum Gasteiger partial charge on any atom is -0.496 e. The highest BCUT2D eigenvalue weighted by molar-refractivity contribution is 6.33. The van der Waals surface area contributed by atoms with Crippen molar-refractivity contribution >= 4 is 39.8 Å². The van der Waals surface area contributed by atoms with Crippen LogP contribution in [0.25, 0.3) is 10.9 Å². The number of rotatable bonds is 8. The number of nitrogens with two attached hydrogens (primary N) is 1. The summed E-state index contributed by atoms with van der Waals surface area (Å²) in [5, 5.41) is 7.07. The number of halogens is 2. The Balaban J connectivity index is 1.54. The number of ether oxygens (including phenoxy) is 2. The number of methoxy groups -OCH3 is 1. The second-order valence-electron chi connectivity index (χ2n) is 7.22. The van der Waals surface area contributed by atoms with Gasteiger partial charge in [0.2, 0.25) is 0 Å².